The Morgan fingerprint density at radius 3 is 1.86 bits per heavy atom. The molecule has 4 nitrogen and oxygen atoms in total. The van der Waals surface area contributed by atoms with Crippen molar-refractivity contribution < 1.29 is 18.1 Å². The summed E-state index contributed by atoms with van der Waals surface area (Å²) in [7, 11) is -4.29. The quantitative estimate of drug-likeness (QED) is 0.324. The molecule has 0 aromatic heterocycles. The van der Waals surface area contributed by atoms with Crippen LogP contribution in [0.3, 0.4) is 0 Å². The molecule has 0 heterocycles. The van der Waals surface area contributed by atoms with Crippen molar-refractivity contribution in [3.8, 4) is 11.4 Å². The third-order valence-corrected chi connectivity index (χ3v) is 0.524. The highest BCUT2D eigenvalue weighted by atomic mass is 32.2. The zero-order valence-electron chi connectivity index (χ0n) is 3.12. The molecule has 0 amide bonds. The summed E-state index contributed by atoms with van der Waals surface area (Å²) in [5, 5.41) is 8.62. The molecule has 40 valence electrons. The molecule has 2 N–H and O–H groups in total. The standard InChI is InChI=1S/C2H2O4S/c3-1-2-7(4,5)6/h3H,(H,4,5,6). The molecule has 0 spiro atoms. The van der Waals surface area contributed by atoms with E-state index >= 15 is 0 Å². The van der Waals surface area contributed by atoms with Crippen molar-refractivity contribution in [1.29, 1.82) is 0 Å². The van der Waals surface area contributed by atoms with Gasteiger partial charge in [-0.3, -0.25) is 4.55 Å². The summed E-state index contributed by atoms with van der Waals surface area (Å²) < 4.78 is 26.6. The maximum atomic E-state index is 9.45. The SMILES string of the molecule is O=S(=O)(O)C#CO. The molecule has 0 bridgehead atoms. The molecule has 0 aliphatic rings. The lowest BCUT2D eigenvalue weighted by Gasteiger charge is -1.70. The van der Waals surface area contributed by atoms with Crippen molar-refractivity contribution in [1.82, 2.24) is 0 Å². The molecular weight excluding hydrogens is 120 g/mol. The highest BCUT2D eigenvalue weighted by Crippen LogP contribution is 1.70. The zero-order valence-corrected chi connectivity index (χ0v) is 3.94. The van der Waals surface area contributed by atoms with Gasteiger partial charge in [0.15, 0.2) is 0 Å². The van der Waals surface area contributed by atoms with Gasteiger partial charge < -0.3 is 5.11 Å². The van der Waals surface area contributed by atoms with Crippen molar-refractivity contribution in [2.24, 2.45) is 0 Å². The van der Waals surface area contributed by atoms with Gasteiger partial charge in [-0.15, -0.1) is 0 Å². The van der Waals surface area contributed by atoms with Gasteiger partial charge in [0.25, 0.3) is 0 Å². The van der Waals surface area contributed by atoms with Gasteiger partial charge >= 0.3 is 10.1 Å². The Hall–Kier alpha value is -0.730. The maximum absolute atomic E-state index is 9.45. The lowest BCUT2D eigenvalue weighted by molar-refractivity contribution is 0.493. The highest BCUT2D eigenvalue weighted by Gasteiger charge is 1.91. The summed E-state index contributed by atoms with van der Waals surface area (Å²) in [6.07, 6.45) is 1.02. The van der Waals surface area contributed by atoms with E-state index in [1.165, 1.54) is 0 Å². The van der Waals surface area contributed by atoms with Gasteiger partial charge in [-0.25, -0.2) is 0 Å². The minimum Gasteiger partial charge on any atom is -0.461 e. The Morgan fingerprint density at radius 2 is 1.86 bits per heavy atom. The molecule has 0 rings (SSSR count). The smallest absolute Gasteiger partial charge is 0.338 e. The van der Waals surface area contributed by atoms with Crippen LogP contribution in [-0.4, -0.2) is 18.1 Å². The van der Waals surface area contributed by atoms with E-state index in [2.05, 4.69) is 0 Å². The first-order chi connectivity index (χ1) is 3.06. The van der Waals surface area contributed by atoms with E-state index in [-0.39, 0.29) is 0 Å². The van der Waals surface area contributed by atoms with Gasteiger partial charge in [-0.05, 0) is 0 Å². The predicted molar refractivity (Wildman–Crippen MR) is 21.3 cm³/mol. The first-order valence-electron chi connectivity index (χ1n) is 1.19. The Balaban J connectivity index is 4.34. The van der Waals surface area contributed by atoms with Crippen LogP contribution >= 0.6 is 0 Å². The summed E-state index contributed by atoms with van der Waals surface area (Å²) in [5.41, 5.74) is 0. The average Bonchev–Trinajstić information content (AvgIpc) is 1.30. The molecule has 0 atom stereocenters. The van der Waals surface area contributed by atoms with Crippen molar-refractivity contribution in [2.45, 2.75) is 0 Å². The van der Waals surface area contributed by atoms with Crippen LogP contribution in [0.4, 0.5) is 0 Å². The van der Waals surface area contributed by atoms with E-state index in [1.54, 1.807) is 0 Å². The van der Waals surface area contributed by atoms with Crippen molar-refractivity contribution in [3.05, 3.63) is 0 Å². The van der Waals surface area contributed by atoms with Crippen LogP contribution in [0.15, 0.2) is 0 Å². The van der Waals surface area contributed by atoms with E-state index in [9.17, 15) is 8.42 Å². The molecule has 0 saturated heterocycles. The normalized spacial score (nSPS) is 9.29. The highest BCUT2D eigenvalue weighted by molar-refractivity contribution is 7.90. The van der Waals surface area contributed by atoms with Crippen molar-refractivity contribution in [2.75, 3.05) is 0 Å². The molecule has 7 heavy (non-hydrogen) atoms. The van der Waals surface area contributed by atoms with E-state index in [1.807, 2.05) is 0 Å². The van der Waals surface area contributed by atoms with Crippen LogP contribution in [0, 0.1) is 11.4 Å². The summed E-state index contributed by atoms with van der Waals surface area (Å²) in [6, 6.07) is 0. The van der Waals surface area contributed by atoms with Crippen molar-refractivity contribution >= 4 is 10.1 Å². The average molecular weight is 122 g/mol. The second kappa shape index (κ2) is 1.82. The third kappa shape index (κ3) is 5.27. The fraction of sp³-hybridized carbons (Fsp3) is 0. The third-order valence-electron chi connectivity index (χ3n) is 0.175. The molecule has 0 aliphatic carbocycles. The molecule has 0 saturated carbocycles. The first-order valence-corrected chi connectivity index (χ1v) is 2.63. The van der Waals surface area contributed by atoms with Gasteiger partial charge in [-0.2, -0.15) is 8.42 Å². The minimum atomic E-state index is -4.29. The van der Waals surface area contributed by atoms with Crippen LogP contribution in [0.25, 0.3) is 0 Å². The van der Waals surface area contributed by atoms with E-state index in [0.29, 0.717) is 0 Å². The van der Waals surface area contributed by atoms with Gasteiger partial charge in [0.2, 0.25) is 0 Å². The van der Waals surface area contributed by atoms with Gasteiger partial charge in [0, 0.05) is 0 Å². The van der Waals surface area contributed by atoms with Crippen LogP contribution in [-0.2, 0) is 10.1 Å². The van der Waals surface area contributed by atoms with Crippen LogP contribution in [0.1, 0.15) is 0 Å². The molecule has 0 radical (unpaired) electrons. The summed E-state index contributed by atoms with van der Waals surface area (Å²) in [5.74, 6) is 0. The molecule has 0 aromatic rings. The molecule has 0 fully saturated rings. The Labute approximate surface area is 40.5 Å². The largest absolute Gasteiger partial charge is 0.461 e. The maximum Gasteiger partial charge on any atom is 0.338 e. The zero-order chi connectivity index (χ0) is 5.91. The first kappa shape index (κ1) is 6.27. The number of hydrogen-bond donors (Lipinski definition) is 2. The topological polar surface area (TPSA) is 74.6 Å². The van der Waals surface area contributed by atoms with Crippen molar-refractivity contribution in [3.63, 3.8) is 0 Å². The monoisotopic (exact) mass is 122 g/mol. The van der Waals surface area contributed by atoms with E-state index in [4.69, 9.17) is 9.66 Å². The van der Waals surface area contributed by atoms with Gasteiger partial charge in [0.05, 0.1) is 5.25 Å². The number of rotatable bonds is 0. The number of aliphatic hydroxyl groups is 1. The molecule has 0 aromatic carbocycles. The van der Waals surface area contributed by atoms with Crippen LogP contribution < -0.4 is 0 Å². The second-order valence-corrected chi connectivity index (χ2v) is 1.84. The lowest BCUT2D eigenvalue weighted by Crippen LogP contribution is -1.89. The van der Waals surface area contributed by atoms with Crippen LogP contribution in [0.5, 0.6) is 0 Å². The van der Waals surface area contributed by atoms with Gasteiger partial charge in [0.1, 0.15) is 6.11 Å². The van der Waals surface area contributed by atoms with E-state index < -0.39 is 10.1 Å². The van der Waals surface area contributed by atoms with E-state index in [0.717, 1.165) is 11.4 Å². The predicted octanol–water partition coefficient (Wildman–Crippen LogP) is -0.835. The molecular formula is C2H2O4S. The van der Waals surface area contributed by atoms with Crippen LogP contribution in [0.2, 0.25) is 0 Å². The lowest BCUT2D eigenvalue weighted by atomic mass is 11.3. The summed E-state index contributed by atoms with van der Waals surface area (Å²) in [4.78, 5) is 0. The Morgan fingerprint density at radius 1 is 1.43 bits per heavy atom. The van der Waals surface area contributed by atoms with Gasteiger partial charge in [-0.1, -0.05) is 0 Å². The summed E-state index contributed by atoms with van der Waals surface area (Å²) in [6.45, 7) is 0. The number of hydrogen-bond acceptors (Lipinski definition) is 3. The minimum absolute atomic E-state index is 1.02. The molecule has 5 heteroatoms. The number of aliphatic hydroxyl groups excluding tert-OH is 1. The Kier molecular flexibility index (Phi) is 1.63. The summed E-state index contributed by atoms with van der Waals surface area (Å²) >= 11 is 0. The Bertz CT molecular complexity index is 189. The molecule has 0 unspecified atom stereocenters. The second-order valence-electron chi connectivity index (χ2n) is 0.689. The molecule has 0 aliphatic heterocycles. The fourth-order valence-electron chi connectivity index (χ4n) is 0.0577. The fourth-order valence-corrected chi connectivity index (χ4v) is 0.173.